The van der Waals surface area contributed by atoms with E-state index in [4.69, 9.17) is 15.2 Å². The van der Waals surface area contributed by atoms with E-state index < -0.39 is 0 Å². The number of para-hydroxylation sites is 2. The molecule has 2 aromatic rings. The third kappa shape index (κ3) is 3.35. The van der Waals surface area contributed by atoms with Crippen LogP contribution in [0.2, 0.25) is 0 Å². The maximum Gasteiger partial charge on any atom is 0.197 e. The fourth-order valence-corrected chi connectivity index (χ4v) is 2.66. The minimum Gasteiger partial charge on any atom is -0.493 e. The van der Waals surface area contributed by atoms with Crippen molar-refractivity contribution in [1.82, 2.24) is 4.90 Å². The number of halogens is 1. The number of nitrogens with two attached hydrogens (primary N) is 1. The maximum absolute atomic E-state index is 6.11. The predicted octanol–water partition coefficient (Wildman–Crippen LogP) is 3.09. The van der Waals surface area contributed by atoms with Crippen molar-refractivity contribution < 1.29 is 9.47 Å². The zero-order chi connectivity index (χ0) is 15.5. The van der Waals surface area contributed by atoms with Gasteiger partial charge in [-0.25, -0.2) is 4.99 Å². The van der Waals surface area contributed by atoms with E-state index in [0.717, 1.165) is 23.5 Å². The van der Waals surface area contributed by atoms with Crippen molar-refractivity contribution in [2.45, 2.75) is 13.1 Å². The van der Waals surface area contributed by atoms with Gasteiger partial charge in [0.25, 0.3) is 0 Å². The van der Waals surface area contributed by atoms with Gasteiger partial charge in [0.15, 0.2) is 17.5 Å². The van der Waals surface area contributed by atoms with Crippen LogP contribution in [0.15, 0.2) is 47.5 Å². The highest BCUT2D eigenvalue weighted by Crippen LogP contribution is 2.33. The molecule has 0 atom stereocenters. The van der Waals surface area contributed by atoms with Crippen LogP contribution in [0, 0.1) is 0 Å². The Morgan fingerprint density at radius 1 is 1.09 bits per heavy atom. The molecular formula is C17H20ClN3O2. The molecule has 1 aliphatic heterocycles. The van der Waals surface area contributed by atoms with Gasteiger partial charge in [-0.15, -0.1) is 12.4 Å². The summed E-state index contributed by atoms with van der Waals surface area (Å²) in [4.78, 5) is 6.50. The minimum absolute atomic E-state index is 0. The second-order valence-electron chi connectivity index (χ2n) is 5.11. The molecule has 2 N–H and O–H groups in total. The normalized spacial score (nSPS) is 12.8. The summed E-state index contributed by atoms with van der Waals surface area (Å²) in [6, 6.07) is 13.9. The summed E-state index contributed by atoms with van der Waals surface area (Å²) in [5.74, 6) is 1.97. The van der Waals surface area contributed by atoms with Gasteiger partial charge in [0.2, 0.25) is 0 Å². The highest BCUT2D eigenvalue weighted by atomic mass is 35.5. The van der Waals surface area contributed by atoms with Crippen LogP contribution in [-0.4, -0.2) is 25.1 Å². The molecule has 1 heterocycles. The van der Waals surface area contributed by atoms with E-state index in [2.05, 4.69) is 11.1 Å². The van der Waals surface area contributed by atoms with E-state index in [-0.39, 0.29) is 12.4 Å². The van der Waals surface area contributed by atoms with Gasteiger partial charge < -0.3 is 20.1 Å². The molecule has 0 unspecified atom stereocenters. The molecule has 0 amide bonds. The first-order valence-corrected chi connectivity index (χ1v) is 7.10. The first-order valence-electron chi connectivity index (χ1n) is 7.10. The van der Waals surface area contributed by atoms with Crippen LogP contribution in [0.3, 0.4) is 0 Å². The third-order valence-corrected chi connectivity index (χ3v) is 3.76. The Labute approximate surface area is 142 Å². The number of hydrogen-bond donors (Lipinski definition) is 1. The van der Waals surface area contributed by atoms with Crippen LogP contribution in [0.1, 0.15) is 11.1 Å². The lowest BCUT2D eigenvalue weighted by Gasteiger charge is -2.28. The van der Waals surface area contributed by atoms with Gasteiger partial charge in [-0.1, -0.05) is 30.3 Å². The lowest BCUT2D eigenvalue weighted by Crippen LogP contribution is -2.38. The van der Waals surface area contributed by atoms with E-state index in [1.165, 1.54) is 5.56 Å². The van der Waals surface area contributed by atoms with Gasteiger partial charge in [0, 0.05) is 18.7 Å². The van der Waals surface area contributed by atoms with Gasteiger partial charge in [-0.05, 0) is 17.7 Å². The third-order valence-electron chi connectivity index (χ3n) is 3.76. The van der Waals surface area contributed by atoms with Gasteiger partial charge >= 0.3 is 0 Å². The Morgan fingerprint density at radius 3 is 2.61 bits per heavy atom. The Balaban J connectivity index is 0.00000192. The molecule has 0 aliphatic carbocycles. The Kier molecular flexibility index (Phi) is 5.34. The average Bonchev–Trinajstić information content (AvgIpc) is 2.55. The number of rotatable bonds is 4. The number of hydrogen-bond acceptors (Lipinski definition) is 5. The molecule has 0 saturated heterocycles. The molecule has 0 saturated carbocycles. The van der Waals surface area contributed by atoms with Crippen LogP contribution in [0.5, 0.6) is 11.5 Å². The van der Waals surface area contributed by atoms with Crippen molar-refractivity contribution in [3.05, 3.63) is 53.6 Å². The van der Waals surface area contributed by atoms with Crippen LogP contribution >= 0.6 is 12.4 Å². The Hall–Kier alpha value is -2.40. The molecule has 0 bridgehead atoms. The van der Waals surface area contributed by atoms with E-state index >= 15 is 0 Å². The average molecular weight is 334 g/mol. The summed E-state index contributed by atoms with van der Waals surface area (Å²) in [7, 11) is 3.28. The molecule has 0 radical (unpaired) electrons. The Morgan fingerprint density at radius 2 is 1.87 bits per heavy atom. The zero-order valence-corrected chi connectivity index (χ0v) is 14.0. The monoisotopic (exact) mass is 333 g/mol. The van der Waals surface area contributed by atoms with Crippen molar-refractivity contribution in [2.75, 3.05) is 14.2 Å². The minimum atomic E-state index is 0. The predicted molar refractivity (Wildman–Crippen MR) is 93.8 cm³/mol. The number of nitrogens with zero attached hydrogens (tertiary/aromatic N) is 2. The number of benzene rings is 2. The van der Waals surface area contributed by atoms with Crippen LogP contribution < -0.4 is 15.2 Å². The first kappa shape index (κ1) is 17.0. The van der Waals surface area contributed by atoms with Gasteiger partial charge in [-0.2, -0.15) is 0 Å². The molecule has 3 rings (SSSR count). The van der Waals surface area contributed by atoms with Crippen LogP contribution in [0.25, 0.3) is 0 Å². The summed E-state index contributed by atoms with van der Waals surface area (Å²) in [6.07, 6.45) is 0. The highest BCUT2D eigenvalue weighted by molar-refractivity contribution is 5.85. The highest BCUT2D eigenvalue weighted by Gasteiger charge is 2.19. The molecule has 6 heteroatoms. The quantitative estimate of drug-likeness (QED) is 0.934. The van der Waals surface area contributed by atoms with Crippen molar-refractivity contribution in [1.29, 1.82) is 0 Å². The number of aliphatic imine (C=N–C) groups is 1. The van der Waals surface area contributed by atoms with E-state index in [0.29, 0.717) is 18.3 Å². The summed E-state index contributed by atoms with van der Waals surface area (Å²) >= 11 is 0. The molecule has 23 heavy (non-hydrogen) atoms. The SMILES string of the molecule is COc1cccc(CN2Cc3ccccc3N=C2N)c1OC.Cl. The molecular weight excluding hydrogens is 314 g/mol. The van der Waals surface area contributed by atoms with Gasteiger partial charge in [-0.3, -0.25) is 0 Å². The van der Waals surface area contributed by atoms with Crippen molar-refractivity contribution >= 4 is 24.1 Å². The number of methoxy groups -OCH3 is 2. The zero-order valence-electron chi connectivity index (χ0n) is 13.2. The first-order chi connectivity index (χ1) is 10.7. The topological polar surface area (TPSA) is 60.1 Å². The van der Waals surface area contributed by atoms with Crippen molar-refractivity contribution in [3.63, 3.8) is 0 Å². The number of guanidine groups is 1. The summed E-state index contributed by atoms with van der Waals surface area (Å²) < 4.78 is 10.8. The molecule has 5 nitrogen and oxygen atoms in total. The number of ether oxygens (including phenoxy) is 2. The molecule has 0 aromatic heterocycles. The van der Waals surface area contributed by atoms with Gasteiger partial charge in [0.1, 0.15) is 0 Å². The molecule has 1 aliphatic rings. The van der Waals surface area contributed by atoms with Crippen molar-refractivity contribution in [3.8, 4) is 11.5 Å². The molecule has 0 fully saturated rings. The summed E-state index contributed by atoms with van der Waals surface area (Å²) in [6.45, 7) is 1.34. The second-order valence-corrected chi connectivity index (χ2v) is 5.11. The van der Waals surface area contributed by atoms with E-state index in [1.807, 2.05) is 41.3 Å². The fourth-order valence-electron chi connectivity index (χ4n) is 2.66. The molecule has 2 aromatic carbocycles. The maximum atomic E-state index is 6.11. The van der Waals surface area contributed by atoms with Crippen LogP contribution in [0.4, 0.5) is 5.69 Å². The Bertz CT molecular complexity index is 719. The summed E-state index contributed by atoms with van der Waals surface area (Å²) in [5.41, 5.74) is 9.23. The standard InChI is InChI=1S/C17H19N3O2.ClH/c1-21-15-9-5-7-13(16(15)22-2)11-20-10-12-6-3-4-8-14(12)19-17(20)18;/h3-9H,10-11H2,1-2H3,(H2,18,19);1H. The molecule has 122 valence electrons. The lowest BCUT2D eigenvalue weighted by atomic mass is 10.1. The molecule has 0 spiro atoms. The second kappa shape index (κ2) is 7.24. The van der Waals surface area contributed by atoms with Crippen molar-refractivity contribution in [2.24, 2.45) is 10.7 Å². The van der Waals surface area contributed by atoms with E-state index in [1.54, 1.807) is 14.2 Å². The summed E-state index contributed by atoms with van der Waals surface area (Å²) in [5, 5.41) is 0. The number of fused-ring (bicyclic) bond motifs is 1. The fraction of sp³-hybridized carbons (Fsp3) is 0.235. The smallest absolute Gasteiger partial charge is 0.197 e. The van der Waals surface area contributed by atoms with E-state index in [9.17, 15) is 0 Å². The van der Waals surface area contributed by atoms with Crippen LogP contribution in [-0.2, 0) is 13.1 Å². The van der Waals surface area contributed by atoms with Gasteiger partial charge in [0.05, 0.1) is 19.9 Å². The largest absolute Gasteiger partial charge is 0.493 e. The lowest BCUT2D eigenvalue weighted by molar-refractivity contribution is 0.338.